The van der Waals surface area contributed by atoms with Crippen molar-refractivity contribution in [1.82, 2.24) is 15.2 Å². The average molecular weight is 428 g/mol. The van der Waals surface area contributed by atoms with E-state index < -0.39 is 0 Å². The maximum atomic E-state index is 12.9. The van der Waals surface area contributed by atoms with Gasteiger partial charge in [0.15, 0.2) is 0 Å². The average Bonchev–Trinajstić information content (AvgIpc) is 3.47. The molecule has 29 heavy (non-hydrogen) atoms. The van der Waals surface area contributed by atoms with E-state index in [9.17, 15) is 9.59 Å². The summed E-state index contributed by atoms with van der Waals surface area (Å²) in [7, 11) is 0. The largest absolute Gasteiger partial charge is 0.487 e. The van der Waals surface area contributed by atoms with Crippen LogP contribution in [0.3, 0.4) is 0 Å². The summed E-state index contributed by atoms with van der Waals surface area (Å²) in [5.41, 5.74) is 3.95. The maximum Gasteiger partial charge on any atom is 0.253 e. The van der Waals surface area contributed by atoms with Crippen molar-refractivity contribution in [2.75, 3.05) is 13.1 Å². The van der Waals surface area contributed by atoms with Gasteiger partial charge < -0.3 is 15.0 Å². The van der Waals surface area contributed by atoms with Crippen LogP contribution in [0.2, 0.25) is 0 Å². The van der Waals surface area contributed by atoms with Crippen molar-refractivity contribution < 1.29 is 14.3 Å². The first-order valence-electron chi connectivity index (χ1n) is 9.41. The number of ether oxygens (including phenoxy) is 1. The van der Waals surface area contributed by atoms with Gasteiger partial charge in [0.05, 0.1) is 11.2 Å². The molecule has 0 atom stereocenters. The number of carbonyl (C=O) groups is 2. The third kappa shape index (κ3) is 5.02. The molecule has 1 aromatic carbocycles. The number of rotatable bonds is 6. The Morgan fingerprint density at radius 3 is 2.72 bits per heavy atom. The van der Waals surface area contributed by atoms with Crippen LogP contribution in [0.1, 0.15) is 39.3 Å². The molecule has 1 aliphatic rings. The second-order valence-corrected chi connectivity index (χ2v) is 8.35. The summed E-state index contributed by atoms with van der Waals surface area (Å²) in [6.45, 7) is 1.63. The van der Waals surface area contributed by atoms with E-state index >= 15 is 0 Å². The van der Waals surface area contributed by atoms with Crippen LogP contribution in [-0.2, 0) is 6.61 Å². The van der Waals surface area contributed by atoms with E-state index in [0.29, 0.717) is 36.6 Å². The summed E-state index contributed by atoms with van der Waals surface area (Å²) in [5, 5.41) is 8.74. The molecule has 3 heterocycles. The fourth-order valence-corrected chi connectivity index (χ4v) is 4.44. The van der Waals surface area contributed by atoms with E-state index in [-0.39, 0.29) is 17.9 Å². The monoisotopic (exact) mass is 427 g/mol. The normalized spacial score (nSPS) is 14.6. The smallest absolute Gasteiger partial charge is 0.253 e. The number of nitrogens with one attached hydrogen (secondary N) is 1. The molecule has 0 aliphatic carbocycles. The zero-order valence-corrected chi connectivity index (χ0v) is 17.4. The van der Waals surface area contributed by atoms with Crippen molar-refractivity contribution in [3.63, 3.8) is 0 Å². The number of amides is 2. The zero-order chi connectivity index (χ0) is 20.1. The number of hydrogen-bond donors (Lipinski definition) is 1. The molecule has 6 nitrogen and oxygen atoms in total. The van der Waals surface area contributed by atoms with Crippen molar-refractivity contribution >= 4 is 34.5 Å². The Balaban J connectivity index is 1.30. The number of likely N-dealkylation sites (tertiary alicyclic amines) is 1. The zero-order valence-electron chi connectivity index (χ0n) is 15.7. The first kappa shape index (κ1) is 19.6. The third-order valence-electron chi connectivity index (χ3n) is 4.85. The lowest BCUT2D eigenvalue weighted by Gasteiger charge is -2.32. The summed E-state index contributed by atoms with van der Waals surface area (Å²) >= 11 is 3.04. The Kier molecular flexibility index (Phi) is 6.21. The summed E-state index contributed by atoms with van der Waals surface area (Å²) in [6, 6.07) is 9.18. The molecule has 0 spiro atoms. The van der Waals surface area contributed by atoms with Gasteiger partial charge in [0.2, 0.25) is 0 Å². The Hall–Kier alpha value is -2.71. The van der Waals surface area contributed by atoms with Gasteiger partial charge in [-0.25, -0.2) is 4.98 Å². The lowest BCUT2D eigenvalue weighted by Crippen LogP contribution is -2.46. The molecule has 2 aromatic heterocycles. The molecule has 0 bridgehead atoms. The first-order valence-corrected chi connectivity index (χ1v) is 11.3. The Morgan fingerprint density at radius 1 is 1.14 bits per heavy atom. The quantitative estimate of drug-likeness (QED) is 0.649. The number of carbonyl (C=O) groups excluding carboxylic acids is 2. The molecular weight excluding hydrogens is 406 g/mol. The second kappa shape index (κ2) is 9.19. The van der Waals surface area contributed by atoms with Crippen LogP contribution in [0.25, 0.3) is 0 Å². The van der Waals surface area contributed by atoms with E-state index in [2.05, 4.69) is 10.3 Å². The molecule has 1 saturated heterocycles. The topological polar surface area (TPSA) is 71.5 Å². The number of aromatic nitrogens is 1. The number of piperidine rings is 1. The first-order chi connectivity index (χ1) is 14.2. The minimum atomic E-state index is -0.0408. The number of nitrogens with zero attached hydrogens (tertiary/aromatic N) is 2. The SMILES string of the molecule is O=C(NC1CCN(C(=O)c2cccc(OCc3cscn3)c2)CC1)c1ccsc1. The van der Waals surface area contributed by atoms with Gasteiger partial charge in [-0.1, -0.05) is 6.07 Å². The molecular formula is C21H21N3O3S2. The lowest BCUT2D eigenvalue weighted by molar-refractivity contribution is 0.0697. The molecule has 0 unspecified atom stereocenters. The minimum absolute atomic E-state index is 0.00767. The van der Waals surface area contributed by atoms with Gasteiger partial charge in [-0.15, -0.1) is 11.3 Å². The van der Waals surface area contributed by atoms with Gasteiger partial charge in [-0.3, -0.25) is 9.59 Å². The van der Waals surface area contributed by atoms with E-state index in [0.717, 1.165) is 18.5 Å². The summed E-state index contributed by atoms with van der Waals surface area (Å²) in [4.78, 5) is 31.1. The van der Waals surface area contributed by atoms with Crippen molar-refractivity contribution in [1.29, 1.82) is 0 Å². The van der Waals surface area contributed by atoms with E-state index in [1.165, 1.54) is 22.7 Å². The molecule has 0 radical (unpaired) electrons. The van der Waals surface area contributed by atoms with Gasteiger partial charge in [0.1, 0.15) is 12.4 Å². The van der Waals surface area contributed by atoms with Crippen molar-refractivity contribution in [3.05, 3.63) is 68.8 Å². The highest BCUT2D eigenvalue weighted by atomic mass is 32.1. The van der Waals surface area contributed by atoms with Gasteiger partial charge in [-0.2, -0.15) is 11.3 Å². The van der Waals surface area contributed by atoms with Crippen LogP contribution in [0, 0.1) is 0 Å². The highest BCUT2D eigenvalue weighted by molar-refractivity contribution is 7.08. The number of benzene rings is 1. The number of thiophene rings is 1. The highest BCUT2D eigenvalue weighted by Crippen LogP contribution is 2.19. The van der Waals surface area contributed by atoms with Crippen molar-refractivity contribution in [2.45, 2.75) is 25.5 Å². The molecule has 4 rings (SSSR count). The minimum Gasteiger partial charge on any atom is -0.487 e. The maximum absolute atomic E-state index is 12.9. The molecule has 1 aliphatic heterocycles. The molecule has 2 amide bonds. The van der Waals surface area contributed by atoms with Crippen molar-refractivity contribution in [2.24, 2.45) is 0 Å². The second-order valence-electron chi connectivity index (χ2n) is 6.85. The van der Waals surface area contributed by atoms with Gasteiger partial charge in [-0.05, 0) is 42.5 Å². The molecule has 1 N–H and O–H groups in total. The summed E-state index contributed by atoms with van der Waals surface area (Å²) in [6.07, 6.45) is 1.50. The van der Waals surface area contributed by atoms with Crippen LogP contribution in [0.15, 0.2) is 52.0 Å². The molecule has 150 valence electrons. The lowest BCUT2D eigenvalue weighted by atomic mass is 10.0. The van der Waals surface area contributed by atoms with E-state index in [4.69, 9.17) is 4.74 Å². The summed E-state index contributed by atoms with van der Waals surface area (Å²) in [5.74, 6) is 0.606. The van der Waals surface area contributed by atoms with Crippen LogP contribution in [0.4, 0.5) is 0 Å². The van der Waals surface area contributed by atoms with Crippen molar-refractivity contribution in [3.8, 4) is 5.75 Å². The van der Waals surface area contributed by atoms with Gasteiger partial charge in [0, 0.05) is 41.0 Å². The third-order valence-corrected chi connectivity index (χ3v) is 6.17. The standard InChI is InChI=1S/C21H21N3O3S2/c25-20(16-6-9-28-12-16)23-17-4-7-24(8-5-17)21(26)15-2-1-3-19(10-15)27-11-18-13-29-14-22-18/h1-3,6,9-10,12-14,17H,4-5,7-8,11H2,(H,23,25). The Morgan fingerprint density at radius 2 is 2.00 bits per heavy atom. The number of hydrogen-bond acceptors (Lipinski definition) is 6. The van der Waals surface area contributed by atoms with Crippen LogP contribution in [-0.4, -0.2) is 40.8 Å². The predicted octanol–water partition coefficient (Wildman–Crippen LogP) is 3.82. The van der Waals surface area contributed by atoms with E-state index in [1.54, 1.807) is 11.6 Å². The van der Waals surface area contributed by atoms with Crippen LogP contribution < -0.4 is 10.1 Å². The highest BCUT2D eigenvalue weighted by Gasteiger charge is 2.25. The molecule has 0 saturated carbocycles. The summed E-state index contributed by atoms with van der Waals surface area (Å²) < 4.78 is 5.75. The fraction of sp³-hybridized carbons (Fsp3) is 0.286. The Bertz CT molecular complexity index is 949. The molecule has 1 fully saturated rings. The Labute approximate surface area is 177 Å². The van der Waals surface area contributed by atoms with Crippen LogP contribution >= 0.6 is 22.7 Å². The molecule has 8 heteroatoms. The molecule has 3 aromatic rings. The van der Waals surface area contributed by atoms with E-state index in [1.807, 2.05) is 45.3 Å². The van der Waals surface area contributed by atoms with Crippen LogP contribution in [0.5, 0.6) is 5.75 Å². The van der Waals surface area contributed by atoms with Gasteiger partial charge >= 0.3 is 0 Å². The predicted molar refractivity (Wildman–Crippen MR) is 114 cm³/mol. The van der Waals surface area contributed by atoms with Gasteiger partial charge in [0.25, 0.3) is 11.8 Å². The fourth-order valence-electron chi connectivity index (χ4n) is 3.26. The number of thiazole rings is 1.